The summed E-state index contributed by atoms with van der Waals surface area (Å²) in [5.41, 5.74) is 0.735. The van der Waals surface area contributed by atoms with Crippen LogP contribution in [0.2, 0.25) is 0 Å². The molecule has 3 amide bonds. The Balaban J connectivity index is 1.73. The third kappa shape index (κ3) is 7.02. The van der Waals surface area contributed by atoms with E-state index in [1.807, 2.05) is 18.7 Å². The molecule has 0 spiro atoms. The van der Waals surface area contributed by atoms with E-state index in [9.17, 15) is 18.8 Å². The van der Waals surface area contributed by atoms with Crippen LogP contribution in [0.25, 0.3) is 11.0 Å². The highest BCUT2D eigenvalue weighted by molar-refractivity contribution is 5.92. The van der Waals surface area contributed by atoms with E-state index in [1.165, 1.54) is 6.07 Å². The van der Waals surface area contributed by atoms with Gasteiger partial charge in [0.2, 0.25) is 17.7 Å². The molecule has 2 aromatic rings. The molecule has 0 saturated carbocycles. The summed E-state index contributed by atoms with van der Waals surface area (Å²) >= 11 is 0. The number of para-hydroxylation sites is 1. The molecule has 3 rings (SSSR count). The number of hydrogen-bond acceptors (Lipinski definition) is 4. The minimum Gasteiger partial charge on any atom is -0.345 e. The second-order valence-electron chi connectivity index (χ2n) is 9.89. The van der Waals surface area contributed by atoms with Gasteiger partial charge in [0.1, 0.15) is 17.4 Å². The Morgan fingerprint density at radius 3 is 2.66 bits per heavy atom. The Bertz CT molecular complexity index is 1040. The van der Waals surface area contributed by atoms with Gasteiger partial charge >= 0.3 is 0 Å². The minimum absolute atomic E-state index is 0.1000. The van der Waals surface area contributed by atoms with Crippen LogP contribution in [0.3, 0.4) is 0 Å². The lowest BCUT2D eigenvalue weighted by Gasteiger charge is -2.36. The first-order chi connectivity index (χ1) is 16.7. The summed E-state index contributed by atoms with van der Waals surface area (Å²) in [6, 6.07) is 3.22. The second-order valence-corrected chi connectivity index (χ2v) is 9.89. The number of halogens is 1. The Morgan fingerprint density at radius 2 is 1.97 bits per heavy atom. The number of imidazole rings is 1. The predicted octanol–water partition coefficient (Wildman–Crippen LogP) is 3.98. The normalized spacial score (nSPS) is 17.9. The van der Waals surface area contributed by atoms with Crippen molar-refractivity contribution in [1.82, 2.24) is 25.5 Å². The minimum atomic E-state index is -0.995. The van der Waals surface area contributed by atoms with Crippen LogP contribution < -0.4 is 10.6 Å². The topological polar surface area (TPSA) is 107 Å². The fourth-order valence-corrected chi connectivity index (χ4v) is 4.54. The molecule has 1 aromatic carbocycles. The Labute approximate surface area is 206 Å². The zero-order chi connectivity index (χ0) is 25.5. The molecule has 2 unspecified atom stereocenters. The van der Waals surface area contributed by atoms with Crippen molar-refractivity contribution >= 4 is 28.8 Å². The monoisotopic (exact) mass is 487 g/mol. The number of rotatable bonds is 10. The lowest BCUT2D eigenvalue weighted by Crippen LogP contribution is -2.52. The Kier molecular flexibility index (Phi) is 9.23. The van der Waals surface area contributed by atoms with E-state index in [0.717, 1.165) is 25.7 Å². The number of aromatic amines is 1. The van der Waals surface area contributed by atoms with Gasteiger partial charge in [0.15, 0.2) is 5.82 Å². The van der Waals surface area contributed by atoms with Crippen molar-refractivity contribution in [2.24, 2.45) is 5.92 Å². The number of aromatic nitrogens is 2. The number of hydrogen-bond donors (Lipinski definition) is 3. The zero-order valence-electron chi connectivity index (χ0n) is 21.2. The molecule has 1 fully saturated rings. The van der Waals surface area contributed by atoms with Crippen molar-refractivity contribution in [3.8, 4) is 0 Å². The first-order valence-corrected chi connectivity index (χ1v) is 12.7. The molecule has 2 heterocycles. The van der Waals surface area contributed by atoms with E-state index < -0.39 is 23.8 Å². The van der Waals surface area contributed by atoms with Crippen molar-refractivity contribution in [1.29, 1.82) is 0 Å². The number of piperidine rings is 1. The molecule has 0 bridgehead atoms. The lowest BCUT2D eigenvalue weighted by atomic mass is 9.98. The first kappa shape index (κ1) is 26.6. The molecule has 192 valence electrons. The fourth-order valence-electron chi connectivity index (χ4n) is 4.54. The number of H-pyrrole nitrogens is 1. The number of nitrogens with zero attached hydrogens (tertiary/aromatic N) is 2. The highest BCUT2D eigenvalue weighted by atomic mass is 19.1. The number of carbonyl (C=O) groups is 3. The van der Waals surface area contributed by atoms with Crippen molar-refractivity contribution in [2.75, 3.05) is 6.54 Å². The first-order valence-electron chi connectivity index (χ1n) is 12.7. The summed E-state index contributed by atoms with van der Waals surface area (Å²) in [6.45, 7) is 8.52. The molecule has 3 atom stereocenters. The number of amides is 3. The maximum absolute atomic E-state index is 14.0. The predicted molar refractivity (Wildman–Crippen MR) is 133 cm³/mol. The van der Waals surface area contributed by atoms with Gasteiger partial charge in [-0.05, 0) is 57.1 Å². The maximum atomic E-state index is 14.0. The molecule has 9 heteroatoms. The molecular weight excluding hydrogens is 449 g/mol. The van der Waals surface area contributed by atoms with Crippen LogP contribution in [-0.4, -0.2) is 51.2 Å². The van der Waals surface area contributed by atoms with Gasteiger partial charge < -0.3 is 20.5 Å². The molecule has 35 heavy (non-hydrogen) atoms. The van der Waals surface area contributed by atoms with Gasteiger partial charge in [-0.2, -0.15) is 0 Å². The third-order valence-corrected chi connectivity index (χ3v) is 6.65. The molecule has 1 saturated heterocycles. The van der Waals surface area contributed by atoms with Gasteiger partial charge in [-0.3, -0.25) is 14.4 Å². The van der Waals surface area contributed by atoms with Gasteiger partial charge in [-0.15, -0.1) is 0 Å². The van der Waals surface area contributed by atoms with Crippen LogP contribution >= 0.6 is 0 Å². The summed E-state index contributed by atoms with van der Waals surface area (Å²) < 4.78 is 14.0. The number of fused-ring (bicyclic) bond motifs is 1. The highest BCUT2D eigenvalue weighted by Crippen LogP contribution is 2.22. The van der Waals surface area contributed by atoms with Gasteiger partial charge in [0.05, 0.1) is 18.0 Å². The molecule has 0 radical (unpaired) electrons. The zero-order valence-corrected chi connectivity index (χ0v) is 21.2. The molecule has 0 aliphatic carbocycles. The van der Waals surface area contributed by atoms with Crippen LogP contribution in [0.1, 0.15) is 84.5 Å². The highest BCUT2D eigenvalue weighted by Gasteiger charge is 2.31. The van der Waals surface area contributed by atoms with Gasteiger partial charge in [0, 0.05) is 19.0 Å². The quantitative estimate of drug-likeness (QED) is 0.471. The summed E-state index contributed by atoms with van der Waals surface area (Å²) in [4.78, 5) is 48.2. The van der Waals surface area contributed by atoms with Crippen molar-refractivity contribution in [3.63, 3.8) is 0 Å². The second kappa shape index (κ2) is 12.1. The number of carbonyl (C=O) groups excluding carboxylic acids is 3. The Hall–Kier alpha value is -2.97. The largest absolute Gasteiger partial charge is 0.345 e. The maximum Gasteiger partial charge on any atom is 0.243 e. The summed E-state index contributed by atoms with van der Waals surface area (Å²) in [5, 5.41) is 5.62. The van der Waals surface area contributed by atoms with Gasteiger partial charge in [-0.1, -0.05) is 26.8 Å². The molecule has 8 nitrogen and oxygen atoms in total. The summed E-state index contributed by atoms with van der Waals surface area (Å²) in [5.74, 6) is -0.542. The number of benzene rings is 1. The average molecular weight is 488 g/mol. The van der Waals surface area contributed by atoms with E-state index in [1.54, 1.807) is 19.1 Å². The van der Waals surface area contributed by atoms with Crippen LogP contribution in [0, 0.1) is 11.7 Å². The van der Waals surface area contributed by atoms with Crippen molar-refractivity contribution in [2.45, 2.75) is 90.8 Å². The van der Waals surface area contributed by atoms with E-state index in [4.69, 9.17) is 0 Å². The van der Waals surface area contributed by atoms with Crippen LogP contribution in [0.5, 0.6) is 0 Å². The lowest BCUT2D eigenvalue weighted by molar-refractivity contribution is -0.139. The molecular formula is C26H38FN5O3. The summed E-state index contributed by atoms with van der Waals surface area (Å²) in [6.07, 6.45) is 4.74. The third-order valence-electron chi connectivity index (χ3n) is 6.65. The standard InChI is InChI=1S/C26H38FN5O3/c1-5-18-9-6-7-14-32(18)23(34)15-21(29-22(33)13-12-16(2)3)26(35)28-17(4)25-30-20-11-8-10-19(27)24(20)31-25/h8,10-11,16-18,21H,5-7,9,12-15H2,1-4H3,(H,28,35)(H,29,33)(H,30,31)/t17-,18?,21?/m0/s1. The van der Waals surface area contributed by atoms with Crippen LogP contribution in [0.15, 0.2) is 18.2 Å². The Morgan fingerprint density at radius 1 is 1.20 bits per heavy atom. The van der Waals surface area contributed by atoms with Crippen LogP contribution in [-0.2, 0) is 14.4 Å². The van der Waals surface area contributed by atoms with Crippen molar-refractivity contribution in [3.05, 3.63) is 29.8 Å². The van der Waals surface area contributed by atoms with Gasteiger partial charge in [0.25, 0.3) is 0 Å². The summed E-state index contributed by atoms with van der Waals surface area (Å²) in [7, 11) is 0. The van der Waals surface area contributed by atoms with E-state index in [0.29, 0.717) is 30.2 Å². The van der Waals surface area contributed by atoms with E-state index in [2.05, 4.69) is 27.5 Å². The SMILES string of the molecule is CCC1CCCCN1C(=O)CC(NC(=O)CCC(C)C)C(=O)N[C@@H](C)c1nc2c(F)cccc2[nH]1. The van der Waals surface area contributed by atoms with E-state index >= 15 is 0 Å². The van der Waals surface area contributed by atoms with Crippen molar-refractivity contribution < 1.29 is 18.8 Å². The van der Waals surface area contributed by atoms with Gasteiger partial charge in [-0.25, -0.2) is 9.37 Å². The number of nitrogens with one attached hydrogen (secondary N) is 3. The van der Waals surface area contributed by atoms with Crippen LogP contribution in [0.4, 0.5) is 4.39 Å². The molecule has 3 N–H and O–H groups in total. The fraction of sp³-hybridized carbons (Fsp3) is 0.615. The average Bonchev–Trinajstić information content (AvgIpc) is 3.28. The molecule has 1 aromatic heterocycles. The smallest absolute Gasteiger partial charge is 0.243 e. The number of likely N-dealkylation sites (tertiary alicyclic amines) is 1. The molecule has 1 aliphatic heterocycles. The van der Waals surface area contributed by atoms with E-state index in [-0.39, 0.29) is 36.2 Å². The molecule has 1 aliphatic rings.